The van der Waals surface area contributed by atoms with E-state index in [9.17, 15) is 5.11 Å². The molecule has 4 atom stereocenters. The zero-order valence-electron chi connectivity index (χ0n) is 17.0. The van der Waals surface area contributed by atoms with Crippen LogP contribution in [0.2, 0.25) is 0 Å². The largest absolute Gasteiger partial charge is 0.379 e. The van der Waals surface area contributed by atoms with E-state index in [1.54, 1.807) is 24.8 Å². The van der Waals surface area contributed by atoms with Crippen molar-refractivity contribution in [3.8, 4) is 0 Å². The summed E-state index contributed by atoms with van der Waals surface area (Å²) >= 11 is 0. The van der Waals surface area contributed by atoms with Crippen LogP contribution >= 0.6 is 0 Å². The van der Waals surface area contributed by atoms with Crippen molar-refractivity contribution in [2.24, 2.45) is 0 Å². The van der Waals surface area contributed by atoms with Crippen molar-refractivity contribution in [1.29, 1.82) is 0 Å². The van der Waals surface area contributed by atoms with Gasteiger partial charge in [0.25, 0.3) is 0 Å². The maximum absolute atomic E-state index is 10.9. The summed E-state index contributed by atoms with van der Waals surface area (Å²) < 4.78 is 5.90. The van der Waals surface area contributed by atoms with E-state index >= 15 is 0 Å². The van der Waals surface area contributed by atoms with E-state index in [0.29, 0.717) is 42.0 Å². The van der Waals surface area contributed by atoms with E-state index in [2.05, 4.69) is 44.0 Å². The molecule has 2 aromatic rings. The Bertz CT molecular complexity index is 792. The molecule has 1 unspecified atom stereocenters. The molecule has 156 valence electrons. The van der Waals surface area contributed by atoms with Crippen molar-refractivity contribution in [2.75, 3.05) is 50.8 Å². The van der Waals surface area contributed by atoms with Gasteiger partial charge in [-0.25, -0.2) is 15.0 Å². The van der Waals surface area contributed by atoms with E-state index in [0.717, 1.165) is 26.2 Å². The van der Waals surface area contributed by atoms with Crippen LogP contribution in [0.4, 0.5) is 11.9 Å². The lowest BCUT2D eigenvalue weighted by Crippen LogP contribution is -2.67. The minimum absolute atomic E-state index is 0.256. The second kappa shape index (κ2) is 8.62. The van der Waals surface area contributed by atoms with Crippen LogP contribution < -0.4 is 14.7 Å². The van der Waals surface area contributed by atoms with Crippen LogP contribution in [0, 0.1) is 0 Å². The number of rotatable bonds is 5. The van der Waals surface area contributed by atoms with Gasteiger partial charge in [0.15, 0.2) is 11.9 Å². The first-order valence-electron chi connectivity index (χ1n) is 10.2. The Kier molecular flexibility index (Phi) is 5.95. The summed E-state index contributed by atoms with van der Waals surface area (Å²) in [5, 5.41) is 14.5. The highest BCUT2D eigenvalue weighted by Crippen LogP contribution is 2.27. The van der Waals surface area contributed by atoms with E-state index < -0.39 is 6.10 Å². The van der Waals surface area contributed by atoms with Crippen LogP contribution in [0.25, 0.3) is 0 Å². The van der Waals surface area contributed by atoms with E-state index in [4.69, 9.17) is 9.72 Å². The summed E-state index contributed by atoms with van der Waals surface area (Å²) in [4.78, 5) is 24.4. The van der Waals surface area contributed by atoms with Gasteiger partial charge in [-0.2, -0.15) is 4.98 Å². The van der Waals surface area contributed by atoms with Crippen molar-refractivity contribution >= 4 is 11.9 Å². The maximum atomic E-state index is 10.9. The molecule has 0 radical (unpaired) electrons. The fourth-order valence-corrected chi connectivity index (χ4v) is 4.43. The van der Waals surface area contributed by atoms with Gasteiger partial charge < -0.3 is 20.1 Å². The number of nitrogens with zero attached hydrogens (tertiary/aromatic N) is 7. The molecule has 10 nitrogen and oxygen atoms in total. The van der Waals surface area contributed by atoms with Gasteiger partial charge in [0.05, 0.1) is 25.3 Å². The van der Waals surface area contributed by atoms with Crippen molar-refractivity contribution in [2.45, 2.75) is 32.0 Å². The van der Waals surface area contributed by atoms with Gasteiger partial charge in [-0.05, 0) is 19.9 Å². The Hall–Kier alpha value is -2.27. The lowest BCUT2D eigenvalue weighted by Gasteiger charge is -2.44. The highest BCUT2D eigenvalue weighted by Gasteiger charge is 2.43. The van der Waals surface area contributed by atoms with Crippen LogP contribution in [0.15, 0.2) is 24.8 Å². The summed E-state index contributed by atoms with van der Waals surface area (Å²) in [6.07, 6.45) is 4.07. The first-order valence-corrected chi connectivity index (χ1v) is 10.2. The average molecular weight is 401 g/mol. The van der Waals surface area contributed by atoms with Crippen molar-refractivity contribution in [3.05, 3.63) is 30.6 Å². The van der Waals surface area contributed by atoms with Gasteiger partial charge in [0.1, 0.15) is 26.0 Å². The maximum Gasteiger partial charge on any atom is 0.333 e. The van der Waals surface area contributed by atoms with Gasteiger partial charge in [0, 0.05) is 25.5 Å². The minimum Gasteiger partial charge on any atom is -0.379 e. The van der Waals surface area contributed by atoms with Gasteiger partial charge >= 0.3 is 5.95 Å². The van der Waals surface area contributed by atoms with Gasteiger partial charge in [0.2, 0.25) is 5.95 Å². The molecule has 2 fully saturated rings. The zero-order valence-corrected chi connectivity index (χ0v) is 17.0. The number of nitrogens with one attached hydrogen (secondary N) is 1. The number of hydrogen-bond donors (Lipinski definition) is 2. The second-order valence-electron chi connectivity index (χ2n) is 7.97. The summed E-state index contributed by atoms with van der Waals surface area (Å²) in [6.45, 7) is 9.10. The fourth-order valence-electron chi connectivity index (χ4n) is 4.43. The van der Waals surface area contributed by atoms with E-state index in [1.807, 2.05) is 0 Å². The first-order chi connectivity index (χ1) is 14.1. The molecule has 29 heavy (non-hydrogen) atoms. The third-order valence-corrected chi connectivity index (χ3v) is 5.49. The molecule has 2 aliphatic rings. The topological polar surface area (TPSA) is 109 Å². The van der Waals surface area contributed by atoms with Crippen LogP contribution in [0.1, 0.15) is 25.8 Å². The molecule has 2 saturated heterocycles. The number of piperazine rings is 1. The van der Waals surface area contributed by atoms with E-state index in [-0.39, 0.29) is 12.1 Å². The number of ether oxygens (including phenoxy) is 1. The summed E-state index contributed by atoms with van der Waals surface area (Å²) in [5.74, 6) is 1.77. The number of aliphatic hydroxyl groups is 1. The number of morpholine rings is 1. The number of aliphatic hydroxyl groups excluding tert-OH is 1. The lowest BCUT2D eigenvalue weighted by molar-refractivity contribution is 0.0777. The van der Waals surface area contributed by atoms with Gasteiger partial charge in [-0.1, -0.05) is 0 Å². The monoisotopic (exact) mass is 401 g/mol. The minimum atomic E-state index is -0.808. The Labute approximate surface area is 170 Å². The number of quaternary nitrogens is 1. The molecule has 2 aliphatic heterocycles. The first kappa shape index (κ1) is 20.0. The van der Waals surface area contributed by atoms with Crippen LogP contribution in [0.5, 0.6) is 0 Å². The summed E-state index contributed by atoms with van der Waals surface area (Å²) in [7, 11) is 0. The molecule has 10 heteroatoms. The molecule has 2 aromatic heterocycles. The lowest BCUT2D eigenvalue weighted by atomic mass is 10.1. The van der Waals surface area contributed by atoms with Gasteiger partial charge in [-0.15, -0.1) is 4.98 Å². The summed E-state index contributed by atoms with van der Waals surface area (Å²) in [5.41, 5.74) is 0. The molecule has 0 amide bonds. The van der Waals surface area contributed by atoms with Crippen molar-refractivity contribution in [3.63, 3.8) is 0 Å². The predicted octanol–water partition coefficient (Wildman–Crippen LogP) is -0.0807. The normalized spacial score (nSPS) is 28.9. The highest BCUT2D eigenvalue weighted by atomic mass is 16.5. The van der Waals surface area contributed by atoms with Crippen molar-refractivity contribution < 1.29 is 9.84 Å². The predicted molar refractivity (Wildman–Crippen MR) is 108 cm³/mol. The van der Waals surface area contributed by atoms with Crippen LogP contribution in [-0.4, -0.2) is 88.0 Å². The Morgan fingerprint density at radius 2 is 1.83 bits per heavy atom. The van der Waals surface area contributed by atoms with Crippen molar-refractivity contribution in [1.82, 2.24) is 34.7 Å². The second-order valence-corrected chi connectivity index (χ2v) is 7.97. The fraction of sp³-hybridized carbons (Fsp3) is 0.632. The van der Waals surface area contributed by atoms with Crippen LogP contribution in [-0.2, 0) is 4.74 Å². The Morgan fingerprint density at radius 1 is 1.14 bits per heavy atom. The SMILES string of the molecule is C[C@@H]1C[N+](C[C@@H](O)c2ncccn2)(c2ncnc(N3CCOCC3)n2)C[C@H](C)N1. The third-order valence-electron chi connectivity index (χ3n) is 5.49. The number of aromatic nitrogens is 5. The number of anilines is 1. The van der Waals surface area contributed by atoms with Crippen LogP contribution in [0.3, 0.4) is 0 Å². The molecular formula is C19H29N8O2+. The molecule has 0 aliphatic carbocycles. The number of hydrogen-bond acceptors (Lipinski definition) is 9. The van der Waals surface area contributed by atoms with E-state index in [1.165, 1.54) is 0 Å². The molecule has 2 N–H and O–H groups in total. The molecular weight excluding hydrogens is 372 g/mol. The standard InChI is InChI=1S/C19H29N8O2/c1-14-10-27(11-15(2)24-14,12-16(28)17-20-4-3-5-21-17)19-23-13-22-18(25-19)26-6-8-29-9-7-26/h3-5,13-16,24,28H,6-12H2,1-2H3/q+1/t14-,15+,16-,27?/m1/s1. The zero-order chi connectivity index (χ0) is 20.3. The highest BCUT2D eigenvalue weighted by molar-refractivity contribution is 5.37. The Morgan fingerprint density at radius 3 is 2.52 bits per heavy atom. The molecule has 4 rings (SSSR count). The molecule has 4 heterocycles. The molecule has 0 bridgehead atoms. The summed E-state index contributed by atoms with van der Waals surface area (Å²) in [6, 6.07) is 2.26. The smallest absolute Gasteiger partial charge is 0.333 e. The van der Waals surface area contributed by atoms with Gasteiger partial charge in [-0.3, -0.25) is 4.48 Å². The molecule has 0 spiro atoms. The average Bonchev–Trinajstić information content (AvgIpc) is 2.74. The third kappa shape index (κ3) is 4.50. The molecule has 0 saturated carbocycles. The Balaban J connectivity index is 1.67. The molecule has 0 aromatic carbocycles. The quantitative estimate of drug-likeness (QED) is 0.665.